The van der Waals surface area contributed by atoms with Crippen LogP contribution < -0.4 is 14.4 Å². The van der Waals surface area contributed by atoms with E-state index >= 15 is 0 Å². The Balaban J connectivity index is 1.92. The Labute approximate surface area is 206 Å². The summed E-state index contributed by atoms with van der Waals surface area (Å²) in [6.45, 7) is 7.29. The van der Waals surface area contributed by atoms with Gasteiger partial charge in [-0.05, 0) is 72.9 Å². The van der Waals surface area contributed by atoms with E-state index in [0.717, 1.165) is 32.8 Å². The number of benzene rings is 3. The van der Waals surface area contributed by atoms with Gasteiger partial charge in [0.1, 0.15) is 18.1 Å². The van der Waals surface area contributed by atoms with Crippen LogP contribution in [-0.4, -0.2) is 28.0 Å². The molecule has 0 aliphatic heterocycles. The molecule has 3 rings (SSSR count). The molecule has 186 valence electrons. The zero-order chi connectivity index (χ0) is 25.8. The first-order valence-electron chi connectivity index (χ1n) is 11.4. The van der Waals surface area contributed by atoms with Crippen molar-refractivity contribution < 1.29 is 22.3 Å². The second-order valence-corrected chi connectivity index (χ2v) is 10.5. The standard InChI is InChI=1S/C27H31FN2O4S/c1-18(2)22-16-23(19(3)15-26(22)34-5)20(4)29-27(31)17-30(25-14-10-9-13-24(25)28)35(32,33)21-11-7-6-8-12-21/h6-16,18,20H,17H2,1-5H3,(H,29,31). The third-order valence-electron chi connectivity index (χ3n) is 5.82. The van der Waals surface area contributed by atoms with Crippen LogP contribution in [-0.2, 0) is 14.8 Å². The molecular formula is C27H31FN2O4S. The first-order chi connectivity index (χ1) is 16.6. The Hall–Kier alpha value is -3.39. The van der Waals surface area contributed by atoms with Crippen molar-refractivity contribution in [2.45, 2.75) is 44.6 Å². The van der Waals surface area contributed by atoms with E-state index in [1.807, 2.05) is 26.0 Å². The van der Waals surface area contributed by atoms with Gasteiger partial charge in [-0.1, -0.05) is 44.2 Å². The van der Waals surface area contributed by atoms with Crippen molar-refractivity contribution in [1.29, 1.82) is 0 Å². The van der Waals surface area contributed by atoms with Gasteiger partial charge < -0.3 is 10.1 Å². The molecule has 0 heterocycles. The minimum atomic E-state index is -4.19. The van der Waals surface area contributed by atoms with E-state index in [4.69, 9.17) is 4.74 Å². The monoisotopic (exact) mass is 498 g/mol. The van der Waals surface area contributed by atoms with Crippen molar-refractivity contribution in [2.24, 2.45) is 0 Å². The van der Waals surface area contributed by atoms with E-state index < -0.39 is 34.3 Å². The predicted molar refractivity (Wildman–Crippen MR) is 136 cm³/mol. The van der Waals surface area contributed by atoms with E-state index in [2.05, 4.69) is 19.2 Å². The Morgan fingerprint density at radius 2 is 1.63 bits per heavy atom. The maximum atomic E-state index is 14.7. The average Bonchev–Trinajstić information content (AvgIpc) is 2.83. The molecule has 0 aromatic heterocycles. The lowest BCUT2D eigenvalue weighted by molar-refractivity contribution is -0.120. The molecule has 8 heteroatoms. The van der Waals surface area contributed by atoms with Gasteiger partial charge in [0.25, 0.3) is 10.0 Å². The number of halogens is 1. The summed E-state index contributed by atoms with van der Waals surface area (Å²) in [7, 11) is -2.57. The van der Waals surface area contributed by atoms with E-state index in [1.54, 1.807) is 25.3 Å². The van der Waals surface area contributed by atoms with E-state index in [9.17, 15) is 17.6 Å². The molecule has 0 radical (unpaired) electrons. The van der Waals surface area contributed by atoms with Gasteiger partial charge in [-0.3, -0.25) is 9.10 Å². The largest absolute Gasteiger partial charge is 0.496 e. The fourth-order valence-corrected chi connectivity index (χ4v) is 5.43. The van der Waals surface area contributed by atoms with Crippen LogP contribution in [0.3, 0.4) is 0 Å². The zero-order valence-electron chi connectivity index (χ0n) is 20.6. The van der Waals surface area contributed by atoms with Crippen LogP contribution in [0.15, 0.2) is 71.6 Å². The number of hydrogen-bond acceptors (Lipinski definition) is 4. The summed E-state index contributed by atoms with van der Waals surface area (Å²) < 4.78 is 47.7. The fourth-order valence-electron chi connectivity index (χ4n) is 3.98. The number of aryl methyl sites for hydroxylation is 1. The molecule has 0 fully saturated rings. The Morgan fingerprint density at radius 3 is 2.23 bits per heavy atom. The van der Waals surface area contributed by atoms with Gasteiger partial charge in [0.15, 0.2) is 0 Å². The molecule has 3 aromatic rings. The molecule has 0 spiro atoms. The number of para-hydroxylation sites is 1. The third kappa shape index (κ3) is 5.82. The average molecular weight is 499 g/mol. The number of nitrogens with zero attached hydrogens (tertiary/aromatic N) is 1. The summed E-state index contributed by atoms with van der Waals surface area (Å²) in [5.74, 6) is -0.304. The molecule has 3 aromatic carbocycles. The normalized spacial score (nSPS) is 12.3. The minimum absolute atomic E-state index is 0.0309. The molecule has 1 unspecified atom stereocenters. The van der Waals surface area contributed by atoms with Crippen LogP contribution in [0, 0.1) is 12.7 Å². The van der Waals surface area contributed by atoms with E-state index in [1.165, 1.54) is 30.3 Å². The summed E-state index contributed by atoms with van der Waals surface area (Å²) in [4.78, 5) is 13.1. The number of methoxy groups -OCH3 is 1. The van der Waals surface area contributed by atoms with Gasteiger partial charge in [-0.25, -0.2) is 12.8 Å². The number of anilines is 1. The van der Waals surface area contributed by atoms with Crippen molar-refractivity contribution in [1.82, 2.24) is 5.32 Å². The number of sulfonamides is 1. The van der Waals surface area contributed by atoms with Crippen LogP contribution >= 0.6 is 0 Å². The topological polar surface area (TPSA) is 75.7 Å². The van der Waals surface area contributed by atoms with Crippen molar-refractivity contribution in [3.63, 3.8) is 0 Å². The molecule has 0 bridgehead atoms. The number of carbonyl (C=O) groups is 1. The maximum Gasteiger partial charge on any atom is 0.264 e. The highest BCUT2D eigenvalue weighted by Crippen LogP contribution is 2.32. The zero-order valence-corrected chi connectivity index (χ0v) is 21.4. The lowest BCUT2D eigenvalue weighted by atomic mass is 9.93. The van der Waals surface area contributed by atoms with Crippen molar-refractivity contribution in [2.75, 3.05) is 18.0 Å². The molecule has 1 N–H and O–H groups in total. The van der Waals surface area contributed by atoms with Crippen LogP contribution in [0.4, 0.5) is 10.1 Å². The summed E-state index contributed by atoms with van der Waals surface area (Å²) in [6, 6.07) is 16.7. The maximum absolute atomic E-state index is 14.7. The van der Waals surface area contributed by atoms with Crippen LogP contribution in [0.1, 0.15) is 49.4 Å². The van der Waals surface area contributed by atoms with Gasteiger partial charge in [0.05, 0.1) is 23.7 Å². The van der Waals surface area contributed by atoms with Gasteiger partial charge in [0, 0.05) is 0 Å². The number of ether oxygens (including phenoxy) is 1. The fraction of sp³-hybridized carbons (Fsp3) is 0.296. The molecular weight excluding hydrogens is 467 g/mol. The summed E-state index contributed by atoms with van der Waals surface area (Å²) in [5, 5.41) is 2.88. The molecule has 0 aliphatic carbocycles. The summed E-state index contributed by atoms with van der Waals surface area (Å²) in [6.07, 6.45) is 0. The van der Waals surface area contributed by atoms with Gasteiger partial charge in [-0.2, -0.15) is 0 Å². The highest BCUT2D eigenvalue weighted by atomic mass is 32.2. The van der Waals surface area contributed by atoms with Crippen molar-refractivity contribution >= 4 is 21.6 Å². The quantitative estimate of drug-likeness (QED) is 0.432. The molecule has 35 heavy (non-hydrogen) atoms. The number of rotatable bonds is 9. The lowest BCUT2D eigenvalue weighted by Gasteiger charge is -2.26. The van der Waals surface area contributed by atoms with Crippen LogP contribution in [0.5, 0.6) is 5.75 Å². The van der Waals surface area contributed by atoms with Gasteiger partial charge >= 0.3 is 0 Å². The molecule has 0 aliphatic rings. The Morgan fingerprint density at radius 1 is 1.00 bits per heavy atom. The number of amides is 1. The number of carbonyl (C=O) groups excluding carboxylic acids is 1. The number of hydrogen-bond donors (Lipinski definition) is 1. The molecule has 0 saturated carbocycles. The van der Waals surface area contributed by atoms with Crippen molar-refractivity contribution in [3.8, 4) is 5.75 Å². The van der Waals surface area contributed by atoms with Gasteiger partial charge in [-0.15, -0.1) is 0 Å². The Bertz CT molecular complexity index is 1290. The first kappa shape index (κ1) is 26.2. The second kappa shape index (κ2) is 10.9. The smallest absolute Gasteiger partial charge is 0.264 e. The minimum Gasteiger partial charge on any atom is -0.496 e. The molecule has 0 saturated heterocycles. The molecule has 1 amide bonds. The summed E-state index contributed by atoms with van der Waals surface area (Å²) >= 11 is 0. The Kier molecular flexibility index (Phi) is 8.17. The lowest BCUT2D eigenvalue weighted by Crippen LogP contribution is -2.42. The van der Waals surface area contributed by atoms with E-state index in [-0.39, 0.29) is 16.5 Å². The van der Waals surface area contributed by atoms with Crippen LogP contribution in [0.25, 0.3) is 0 Å². The molecule has 1 atom stereocenters. The third-order valence-corrected chi connectivity index (χ3v) is 7.60. The first-order valence-corrected chi connectivity index (χ1v) is 12.8. The SMILES string of the molecule is COc1cc(C)c(C(C)NC(=O)CN(c2ccccc2F)S(=O)(=O)c2ccccc2)cc1C(C)C. The number of nitrogens with one attached hydrogen (secondary N) is 1. The van der Waals surface area contributed by atoms with E-state index in [0.29, 0.717) is 0 Å². The van der Waals surface area contributed by atoms with Crippen LogP contribution in [0.2, 0.25) is 0 Å². The summed E-state index contributed by atoms with van der Waals surface area (Å²) in [5.41, 5.74) is 2.64. The predicted octanol–water partition coefficient (Wildman–Crippen LogP) is 5.34. The molecule has 6 nitrogen and oxygen atoms in total. The highest BCUT2D eigenvalue weighted by molar-refractivity contribution is 7.92. The second-order valence-electron chi connectivity index (χ2n) is 8.67. The van der Waals surface area contributed by atoms with Gasteiger partial charge in [0.2, 0.25) is 5.91 Å². The van der Waals surface area contributed by atoms with Crippen molar-refractivity contribution in [3.05, 3.63) is 89.2 Å². The highest BCUT2D eigenvalue weighted by Gasteiger charge is 2.29.